The molecule has 0 saturated carbocycles. The summed E-state index contributed by atoms with van der Waals surface area (Å²) >= 11 is 0. The first-order valence-electron chi connectivity index (χ1n) is 10.2. The van der Waals surface area contributed by atoms with E-state index in [0.717, 1.165) is 0 Å². The van der Waals surface area contributed by atoms with E-state index in [9.17, 15) is 28.6 Å². The maximum absolute atomic E-state index is 12.6. The largest absolute Gasteiger partial charge is 0.490 e. The van der Waals surface area contributed by atoms with Crippen LogP contribution in [-0.4, -0.2) is 25.9 Å². The summed E-state index contributed by atoms with van der Waals surface area (Å²) in [7, 11) is -4.11. The smallest absolute Gasteiger partial charge is 0.339 e. The van der Waals surface area contributed by atoms with Gasteiger partial charge in [0.1, 0.15) is 16.5 Å². The zero-order valence-corrected chi connectivity index (χ0v) is 19.2. The molecule has 0 atom stereocenters. The van der Waals surface area contributed by atoms with Gasteiger partial charge in [-0.2, -0.15) is 13.7 Å². The Morgan fingerprint density at radius 2 is 1.83 bits per heavy atom. The average Bonchev–Trinajstić information content (AvgIpc) is 2.84. The zero-order chi connectivity index (χ0) is 25.4. The molecule has 0 radical (unpaired) electrons. The number of nitriles is 1. The van der Waals surface area contributed by atoms with E-state index in [4.69, 9.17) is 8.92 Å². The van der Waals surface area contributed by atoms with Gasteiger partial charge in [0.2, 0.25) is 0 Å². The quantitative estimate of drug-likeness (QED) is 0.152. The first-order valence-corrected chi connectivity index (χ1v) is 11.6. The number of hydrogen-bond acceptors (Lipinski definition) is 8. The second-order valence-electron chi connectivity index (χ2n) is 6.92. The third-order valence-corrected chi connectivity index (χ3v) is 5.74. The number of carbonyl (C=O) groups excluding carboxylic acids is 1. The summed E-state index contributed by atoms with van der Waals surface area (Å²) in [5.41, 5.74) is 0.0103. The molecule has 0 aliphatic heterocycles. The highest BCUT2D eigenvalue weighted by Crippen LogP contribution is 2.32. The van der Waals surface area contributed by atoms with Crippen LogP contribution in [0.1, 0.15) is 12.5 Å². The fourth-order valence-corrected chi connectivity index (χ4v) is 3.88. The fourth-order valence-electron chi connectivity index (χ4n) is 2.92. The van der Waals surface area contributed by atoms with Gasteiger partial charge in [-0.15, -0.1) is 0 Å². The Bertz CT molecular complexity index is 1430. The summed E-state index contributed by atoms with van der Waals surface area (Å²) in [6.45, 7) is 1.90. The minimum Gasteiger partial charge on any atom is -0.490 e. The number of benzene rings is 3. The first-order chi connectivity index (χ1) is 16.7. The second kappa shape index (κ2) is 11.0. The van der Waals surface area contributed by atoms with E-state index in [-0.39, 0.29) is 39.9 Å². The molecule has 0 fully saturated rings. The molecule has 0 saturated heterocycles. The summed E-state index contributed by atoms with van der Waals surface area (Å²) in [5.74, 6) is -0.748. The number of anilines is 1. The predicted molar refractivity (Wildman–Crippen MR) is 127 cm³/mol. The monoisotopic (exact) mass is 493 g/mol. The molecule has 3 aromatic rings. The molecule has 11 heteroatoms. The van der Waals surface area contributed by atoms with Crippen LogP contribution in [0.5, 0.6) is 11.5 Å². The van der Waals surface area contributed by atoms with Gasteiger partial charge in [0.05, 0.1) is 11.5 Å². The Labute approximate surface area is 201 Å². The predicted octanol–water partition coefficient (Wildman–Crippen LogP) is 4.31. The van der Waals surface area contributed by atoms with Gasteiger partial charge in [0.15, 0.2) is 11.5 Å². The molecular formula is C24H19N3O7S. The molecule has 3 rings (SSSR count). The number of nitro groups is 1. The number of non-ortho nitro benzene ring substituents is 1. The van der Waals surface area contributed by atoms with E-state index < -0.39 is 20.9 Å². The van der Waals surface area contributed by atoms with Gasteiger partial charge in [0.25, 0.3) is 11.6 Å². The number of ether oxygens (including phenoxy) is 1. The van der Waals surface area contributed by atoms with Crippen molar-refractivity contribution in [3.8, 4) is 17.6 Å². The topological polar surface area (TPSA) is 149 Å². The number of nitrogens with one attached hydrogen (secondary N) is 1. The number of rotatable bonds is 9. The van der Waals surface area contributed by atoms with Crippen LogP contribution in [-0.2, 0) is 14.9 Å². The minimum atomic E-state index is -4.11. The number of hydrogen-bond donors (Lipinski definition) is 1. The molecule has 10 nitrogen and oxygen atoms in total. The van der Waals surface area contributed by atoms with Crippen LogP contribution in [0.15, 0.2) is 83.3 Å². The van der Waals surface area contributed by atoms with Gasteiger partial charge < -0.3 is 14.2 Å². The first kappa shape index (κ1) is 24.9. The summed E-state index contributed by atoms with van der Waals surface area (Å²) in [4.78, 5) is 22.8. The molecule has 35 heavy (non-hydrogen) atoms. The molecular weight excluding hydrogens is 474 g/mol. The van der Waals surface area contributed by atoms with Crippen LogP contribution in [0.25, 0.3) is 6.08 Å². The lowest BCUT2D eigenvalue weighted by atomic mass is 10.1. The molecule has 1 amide bonds. The van der Waals surface area contributed by atoms with Crippen LogP contribution in [0, 0.1) is 21.4 Å². The Balaban J connectivity index is 1.87. The second-order valence-corrected chi connectivity index (χ2v) is 8.47. The standard InChI is InChI=1S/C24H19N3O7S/c1-2-33-23-14-17(11-12-22(23)34-35(31,32)21-9-4-3-5-10-21)13-18(16-25)24(28)26-19-7-6-8-20(15-19)27(29)30/h3-15H,2H2,1H3,(H,26,28)/b18-13+. The molecule has 0 spiro atoms. The molecule has 1 N–H and O–H groups in total. The molecule has 0 unspecified atom stereocenters. The van der Waals surface area contributed by atoms with Crippen molar-refractivity contribution in [2.24, 2.45) is 0 Å². The van der Waals surface area contributed by atoms with Gasteiger partial charge in [-0.3, -0.25) is 14.9 Å². The van der Waals surface area contributed by atoms with Crippen molar-refractivity contribution >= 4 is 33.5 Å². The van der Waals surface area contributed by atoms with Gasteiger partial charge in [-0.1, -0.05) is 30.3 Å². The van der Waals surface area contributed by atoms with Crippen LogP contribution in [0.4, 0.5) is 11.4 Å². The van der Waals surface area contributed by atoms with Crippen LogP contribution in [0.3, 0.4) is 0 Å². The maximum atomic E-state index is 12.6. The van der Waals surface area contributed by atoms with E-state index >= 15 is 0 Å². The molecule has 0 aromatic heterocycles. The Morgan fingerprint density at radius 3 is 2.49 bits per heavy atom. The van der Waals surface area contributed by atoms with E-state index in [1.165, 1.54) is 60.7 Å². The van der Waals surface area contributed by atoms with Crippen LogP contribution < -0.4 is 14.2 Å². The Kier molecular flexibility index (Phi) is 7.81. The van der Waals surface area contributed by atoms with E-state index in [2.05, 4.69) is 5.32 Å². The Morgan fingerprint density at radius 1 is 1.09 bits per heavy atom. The molecule has 178 valence electrons. The van der Waals surface area contributed by atoms with Crippen molar-refractivity contribution in [3.05, 3.63) is 94.0 Å². The molecule has 3 aromatic carbocycles. The summed E-state index contributed by atoms with van der Waals surface area (Å²) in [5, 5.41) is 22.8. The van der Waals surface area contributed by atoms with Gasteiger partial charge in [-0.25, -0.2) is 0 Å². The third kappa shape index (κ3) is 6.43. The number of nitrogens with zero attached hydrogens (tertiary/aromatic N) is 2. The van der Waals surface area contributed by atoms with Crippen molar-refractivity contribution < 1.29 is 27.1 Å². The fraction of sp³-hybridized carbons (Fsp3) is 0.0833. The molecule has 0 heterocycles. The van der Waals surface area contributed by atoms with Crippen molar-refractivity contribution in [3.63, 3.8) is 0 Å². The number of nitro benzene ring substituents is 1. The highest BCUT2D eigenvalue weighted by atomic mass is 32.2. The van der Waals surface area contributed by atoms with Crippen molar-refractivity contribution in [2.75, 3.05) is 11.9 Å². The number of amides is 1. The minimum absolute atomic E-state index is 0.0315. The van der Waals surface area contributed by atoms with Gasteiger partial charge >= 0.3 is 10.1 Å². The maximum Gasteiger partial charge on any atom is 0.339 e. The van der Waals surface area contributed by atoms with Crippen molar-refractivity contribution in [1.82, 2.24) is 0 Å². The SMILES string of the molecule is CCOc1cc(/C=C(\C#N)C(=O)Nc2cccc([N+](=O)[O-])c2)ccc1OS(=O)(=O)c1ccccc1. The number of carbonyl (C=O) groups is 1. The normalized spacial score (nSPS) is 11.3. The highest BCUT2D eigenvalue weighted by Gasteiger charge is 2.19. The van der Waals surface area contributed by atoms with Gasteiger partial charge in [0, 0.05) is 17.8 Å². The lowest BCUT2D eigenvalue weighted by molar-refractivity contribution is -0.384. The highest BCUT2D eigenvalue weighted by molar-refractivity contribution is 7.87. The summed E-state index contributed by atoms with van der Waals surface area (Å²) in [6.07, 6.45) is 1.27. The Hall–Kier alpha value is -4.69. The lowest BCUT2D eigenvalue weighted by Crippen LogP contribution is -2.13. The lowest BCUT2D eigenvalue weighted by Gasteiger charge is -2.13. The molecule has 0 bridgehead atoms. The average molecular weight is 493 g/mol. The molecule has 0 aliphatic rings. The van der Waals surface area contributed by atoms with E-state index in [0.29, 0.717) is 5.56 Å². The van der Waals surface area contributed by atoms with Crippen LogP contribution in [0.2, 0.25) is 0 Å². The van der Waals surface area contributed by atoms with E-state index in [1.54, 1.807) is 31.2 Å². The van der Waals surface area contributed by atoms with Gasteiger partial charge in [-0.05, 0) is 48.9 Å². The summed E-state index contributed by atoms with van der Waals surface area (Å²) < 4.78 is 35.9. The third-order valence-electron chi connectivity index (χ3n) is 4.49. The van der Waals surface area contributed by atoms with Crippen LogP contribution >= 0.6 is 0 Å². The molecule has 0 aliphatic carbocycles. The van der Waals surface area contributed by atoms with Crippen molar-refractivity contribution in [2.45, 2.75) is 11.8 Å². The summed E-state index contributed by atoms with van der Waals surface area (Å²) in [6, 6.07) is 18.9. The zero-order valence-electron chi connectivity index (χ0n) is 18.4. The van der Waals surface area contributed by atoms with E-state index in [1.807, 2.05) is 0 Å². The van der Waals surface area contributed by atoms with Crippen molar-refractivity contribution in [1.29, 1.82) is 5.26 Å².